The van der Waals surface area contributed by atoms with E-state index in [2.05, 4.69) is 15.2 Å². The number of carbonyl (C=O) groups is 1. The molecule has 1 saturated carbocycles. The number of nitrogens with one attached hydrogen (secondary N) is 1. The zero-order valence-corrected chi connectivity index (χ0v) is 20.6. The minimum atomic E-state index is -4.80. The molecule has 1 aromatic carbocycles. The van der Waals surface area contributed by atoms with Crippen LogP contribution in [0.5, 0.6) is 0 Å². The summed E-state index contributed by atoms with van der Waals surface area (Å²) in [6.45, 7) is 3.18. The van der Waals surface area contributed by atoms with E-state index in [0.29, 0.717) is 25.1 Å². The molecular formula is C25H25F3N6O2S. The molecule has 1 aliphatic carbocycles. The maximum atomic E-state index is 13.6. The standard InChI is InChI=1S/C25H25F3N6O2S/c26-25(27,28)20-10-19(12-31-21(20)11-29)33-22(36)24(6-1-7-24)34(23(33)37)18-4-2-16(3-5-18)13-32-9-8-30-17(14-32)15-35/h2-5,10,12,17,30,35H,1,6-9,13-15H2/t17-/m1/s1. The molecule has 1 spiro atoms. The van der Waals surface area contributed by atoms with E-state index in [4.69, 9.17) is 17.5 Å². The van der Waals surface area contributed by atoms with E-state index in [9.17, 15) is 23.1 Å². The van der Waals surface area contributed by atoms with E-state index in [1.54, 1.807) is 4.90 Å². The van der Waals surface area contributed by atoms with E-state index in [-0.39, 0.29) is 29.4 Å². The zero-order valence-electron chi connectivity index (χ0n) is 19.8. The number of aliphatic hydroxyl groups excluding tert-OH is 1. The number of aliphatic hydroxyl groups is 1. The van der Waals surface area contributed by atoms with Crippen LogP contribution in [0.4, 0.5) is 24.5 Å². The molecule has 2 aromatic rings. The number of thiocarbonyl (C=S) groups is 1. The maximum Gasteiger partial charge on any atom is 0.419 e. The molecule has 37 heavy (non-hydrogen) atoms. The van der Waals surface area contributed by atoms with Crippen LogP contribution in [0.25, 0.3) is 0 Å². The largest absolute Gasteiger partial charge is 0.419 e. The Hall–Kier alpha value is -3.11. The van der Waals surface area contributed by atoms with E-state index in [1.165, 1.54) is 6.07 Å². The van der Waals surface area contributed by atoms with Gasteiger partial charge >= 0.3 is 6.18 Å². The number of hydrogen-bond donors (Lipinski definition) is 2. The summed E-state index contributed by atoms with van der Waals surface area (Å²) in [4.78, 5) is 22.4. The van der Waals surface area contributed by atoms with Gasteiger partial charge in [0.1, 0.15) is 11.6 Å². The second-order valence-electron chi connectivity index (χ2n) is 9.58. The van der Waals surface area contributed by atoms with Gasteiger partial charge < -0.3 is 15.3 Å². The Labute approximate surface area is 217 Å². The Morgan fingerprint density at radius 2 is 1.97 bits per heavy atom. The topological polar surface area (TPSA) is 95.7 Å². The number of piperazine rings is 1. The van der Waals surface area contributed by atoms with Crippen LogP contribution in [-0.2, 0) is 17.5 Å². The number of rotatable bonds is 5. The van der Waals surface area contributed by atoms with Crippen molar-refractivity contribution in [3.63, 3.8) is 0 Å². The summed E-state index contributed by atoms with van der Waals surface area (Å²) in [7, 11) is 0. The van der Waals surface area contributed by atoms with E-state index >= 15 is 0 Å². The van der Waals surface area contributed by atoms with Gasteiger partial charge in [-0.05, 0) is 55.2 Å². The van der Waals surface area contributed by atoms with Crippen LogP contribution in [-0.4, -0.2) is 63.8 Å². The highest BCUT2D eigenvalue weighted by Crippen LogP contribution is 2.48. The lowest BCUT2D eigenvalue weighted by Crippen LogP contribution is -2.55. The fourth-order valence-electron chi connectivity index (χ4n) is 5.26. The van der Waals surface area contributed by atoms with Crippen molar-refractivity contribution >= 4 is 34.6 Å². The molecule has 194 valence electrons. The van der Waals surface area contributed by atoms with E-state index in [0.717, 1.165) is 48.8 Å². The van der Waals surface area contributed by atoms with Crippen LogP contribution < -0.4 is 15.1 Å². The molecule has 3 aliphatic rings. The number of nitriles is 1. The molecule has 2 aliphatic heterocycles. The molecular weight excluding hydrogens is 505 g/mol. The summed E-state index contributed by atoms with van der Waals surface area (Å²) in [6, 6.07) is 9.93. The van der Waals surface area contributed by atoms with Gasteiger partial charge in [0, 0.05) is 37.9 Å². The van der Waals surface area contributed by atoms with Crippen molar-refractivity contribution in [2.75, 3.05) is 36.0 Å². The molecule has 2 N–H and O–H groups in total. The van der Waals surface area contributed by atoms with E-state index in [1.807, 2.05) is 24.3 Å². The number of benzene rings is 1. The molecule has 2 saturated heterocycles. The Morgan fingerprint density at radius 3 is 2.57 bits per heavy atom. The smallest absolute Gasteiger partial charge is 0.395 e. The summed E-state index contributed by atoms with van der Waals surface area (Å²) in [5.74, 6) is -0.386. The molecule has 12 heteroatoms. The number of anilines is 2. The number of alkyl halides is 3. The Kier molecular flexibility index (Phi) is 6.66. The van der Waals surface area contributed by atoms with Crippen molar-refractivity contribution in [2.24, 2.45) is 0 Å². The number of carbonyl (C=O) groups excluding carboxylic acids is 1. The van der Waals surface area contributed by atoms with Crippen LogP contribution >= 0.6 is 12.2 Å². The van der Waals surface area contributed by atoms with Crippen molar-refractivity contribution in [2.45, 2.75) is 43.6 Å². The Morgan fingerprint density at radius 1 is 1.24 bits per heavy atom. The van der Waals surface area contributed by atoms with Gasteiger partial charge in [-0.25, -0.2) is 4.98 Å². The van der Waals surface area contributed by atoms with Gasteiger partial charge in [0.15, 0.2) is 10.8 Å². The average Bonchev–Trinajstić information content (AvgIpc) is 3.10. The second kappa shape index (κ2) is 9.64. The number of nitrogens with zero attached hydrogens (tertiary/aromatic N) is 5. The first-order valence-corrected chi connectivity index (χ1v) is 12.4. The molecule has 1 atom stereocenters. The van der Waals surface area contributed by atoms with Crippen molar-refractivity contribution in [3.8, 4) is 6.07 Å². The summed E-state index contributed by atoms with van der Waals surface area (Å²) in [6.07, 6.45) is -1.86. The number of amides is 1. The van der Waals surface area contributed by atoms with Crippen LogP contribution in [0, 0.1) is 11.3 Å². The lowest BCUT2D eigenvalue weighted by molar-refractivity contribution is -0.138. The lowest BCUT2D eigenvalue weighted by atomic mass is 9.75. The fraction of sp³-hybridized carbons (Fsp3) is 0.440. The molecule has 3 fully saturated rings. The predicted octanol–water partition coefficient (Wildman–Crippen LogP) is 2.80. The summed E-state index contributed by atoms with van der Waals surface area (Å²) < 4.78 is 40.7. The van der Waals surface area contributed by atoms with Gasteiger partial charge in [-0.2, -0.15) is 18.4 Å². The molecule has 5 rings (SSSR count). The predicted molar refractivity (Wildman–Crippen MR) is 134 cm³/mol. The number of halogens is 3. The molecule has 3 heterocycles. The fourth-order valence-corrected chi connectivity index (χ4v) is 5.73. The van der Waals surface area contributed by atoms with Crippen LogP contribution in [0.15, 0.2) is 36.5 Å². The third kappa shape index (κ3) is 4.46. The lowest BCUT2D eigenvalue weighted by Gasteiger charge is -2.43. The van der Waals surface area contributed by atoms with Crippen molar-refractivity contribution in [3.05, 3.63) is 53.3 Å². The molecule has 1 amide bonds. The number of aromatic nitrogens is 1. The van der Waals surface area contributed by atoms with Crippen LogP contribution in [0.3, 0.4) is 0 Å². The monoisotopic (exact) mass is 530 g/mol. The Balaban J connectivity index is 1.42. The van der Waals surface area contributed by atoms with Crippen LogP contribution in [0.1, 0.15) is 36.1 Å². The first-order chi connectivity index (χ1) is 17.7. The van der Waals surface area contributed by atoms with Gasteiger partial charge in [-0.15, -0.1) is 0 Å². The first kappa shape index (κ1) is 25.5. The third-order valence-corrected chi connectivity index (χ3v) is 7.66. The molecule has 8 nitrogen and oxygen atoms in total. The van der Waals surface area contributed by atoms with Gasteiger partial charge in [0.05, 0.1) is 24.1 Å². The minimum absolute atomic E-state index is 0.0417. The quantitative estimate of drug-likeness (QED) is 0.570. The highest BCUT2D eigenvalue weighted by molar-refractivity contribution is 7.81. The highest BCUT2D eigenvalue weighted by Gasteiger charge is 2.59. The van der Waals surface area contributed by atoms with Gasteiger partial charge in [-0.3, -0.25) is 14.6 Å². The normalized spacial score (nSPS) is 21.9. The molecule has 0 bridgehead atoms. The van der Waals surface area contributed by atoms with Gasteiger partial charge in [0.25, 0.3) is 5.91 Å². The van der Waals surface area contributed by atoms with Crippen LogP contribution in [0.2, 0.25) is 0 Å². The van der Waals surface area contributed by atoms with E-state index < -0.39 is 23.0 Å². The van der Waals surface area contributed by atoms with Gasteiger partial charge in [-0.1, -0.05) is 12.1 Å². The van der Waals surface area contributed by atoms with Crippen molar-refractivity contribution < 1.29 is 23.1 Å². The third-order valence-electron chi connectivity index (χ3n) is 7.30. The first-order valence-electron chi connectivity index (χ1n) is 12.0. The summed E-state index contributed by atoms with van der Waals surface area (Å²) in [5.41, 5.74) is -1.26. The minimum Gasteiger partial charge on any atom is -0.395 e. The summed E-state index contributed by atoms with van der Waals surface area (Å²) in [5, 5.41) is 21.9. The molecule has 0 unspecified atom stereocenters. The van der Waals surface area contributed by atoms with Gasteiger partial charge in [0.2, 0.25) is 0 Å². The SMILES string of the molecule is N#Cc1ncc(N2C(=O)C3(CCC3)N(c3ccc(CN4CCN[C@@H](CO)C4)cc3)C2=S)cc1C(F)(F)F. The Bertz CT molecular complexity index is 1260. The average molecular weight is 531 g/mol. The number of hydrogen-bond acceptors (Lipinski definition) is 7. The molecule has 0 radical (unpaired) electrons. The maximum absolute atomic E-state index is 13.6. The molecule has 1 aromatic heterocycles. The zero-order chi connectivity index (χ0) is 26.4. The summed E-state index contributed by atoms with van der Waals surface area (Å²) >= 11 is 5.66. The van der Waals surface area contributed by atoms with Crippen molar-refractivity contribution in [1.82, 2.24) is 15.2 Å². The second-order valence-corrected chi connectivity index (χ2v) is 9.94. The highest BCUT2D eigenvalue weighted by atomic mass is 32.1. The van der Waals surface area contributed by atoms with Crippen molar-refractivity contribution in [1.29, 1.82) is 5.26 Å². The number of pyridine rings is 1.